The standard InChI is InChI=1S/C21H27NO5S/c1-4-19(23)13-14-28(24,25)22(15-17-5-9-20(26-2)10-6-17)16-18-7-11-21(27-3)12-8-18/h4-12,19,23H,1,13-16H2,2-3H3. The summed E-state index contributed by atoms with van der Waals surface area (Å²) in [6, 6.07) is 14.6. The van der Waals surface area contributed by atoms with Gasteiger partial charge in [-0.05, 0) is 41.8 Å². The van der Waals surface area contributed by atoms with Crippen LogP contribution in [0.25, 0.3) is 0 Å². The summed E-state index contributed by atoms with van der Waals surface area (Å²) in [4.78, 5) is 0. The molecule has 0 aromatic heterocycles. The zero-order valence-corrected chi connectivity index (χ0v) is 17.1. The van der Waals surface area contributed by atoms with Crippen LogP contribution in [0.4, 0.5) is 0 Å². The molecule has 0 saturated heterocycles. The molecule has 7 heteroatoms. The molecule has 2 aromatic rings. The second kappa shape index (κ2) is 10.3. The quantitative estimate of drug-likeness (QED) is 0.582. The smallest absolute Gasteiger partial charge is 0.214 e. The molecule has 0 aliphatic carbocycles. The lowest BCUT2D eigenvalue weighted by Crippen LogP contribution is -2.33. The second-order valence-corrected chi connectivity index (χ2v) is 8.46. The van der Waals surface area contributed by atoms with Gasteiger partial charge in [-0.2, -0.15) is 4.31 Å². The first-order chi connectivity index (χ1) is 13.4. The Labute approximate surface area is 167 Å². The van der Waals surface area contributed by atoms with Crippen molar-refractivity contribution in [1.29, 1.82) is 0 Å². The molecule has 6 nitrogen and oxygen atoms in total. The van der Waals surface area contributed by atoms with Crippen LogP contribution in [-0.4, -0.2) is 43.9 Å². The number of methoxy groups -OCH3 is 2. The maximum Gasteiger partial charge on any atom is 0.214 e. The summed E-state index contributed by atoms with van der Waals surface area (Å²) in [6.07, 6.45) is 0.596. The van der Waals surface area contributed by atoms with Crippen molar-refractivity contribution < 1.29 is 23.0 Å². The minimum atomic E-state index is -3.59. The van der Waals surface area contributed by atoms with Crippen LogP contribution in [-0.2, 0) is 23.1 Å². The van der Waals surface area contributed by atoms with Gasteiger partial charge in [-0.3, -0.25) is 0 Å². The number of ether oxygens (including phenoxy) is 2. The number of hydrogen-bond acceptors (Lipinski definition) is 5. The molecule has 152 valence electrons. The van der Waals surface area contributed by atoms with Crippen LogP contribution in [0.2, 0.25) is 0 Å². The summed E-state index contributed by atoms with van der Waals surface area (Å²) >= 11 is 0. The molecule has 2 rings (SSSR count). The van der Waals surface area contributed by atoms with Crippen molar-refractivity contribution in [2.75, 3.05) is 20.0 Å². The first kappa shape index (κ1) is 21.9. The summed E-state index contributed by atoms with van der Waals surface area (Å²) in [5.41, 5.74) is 1.70. The van der Waals surface area contributed by atoms with E-state index in [2.05, 4.69) is 6.58 Å². The summed E-state index contributed by atoms with van der Waals surface area (Å²) in [7, 11) is -0.425. The van der Waals surface area contributed by atoms with E-state index in [9.17, 15) is 13.5 Å². The molecule has 0 amide bonds. The molecule has 0 heterocycles. The van der Waals surface area contributed by atoms with E-state index in [0.717, 1.165) is 11.1 Å². The monoisotopic (exact) mass is 405 g/mol. The number of aliphatic hydroxyl groups is 1. The highest BCUT2D eigenvalue weighted by atomic mass is 32.2. The Hall–Kier alpha value is -2.35. The number of rotatable bonds is 11. The third kappa shape index (κ3) is 6.37. The van der Waals surface area contributed by atoms with Crippen LogP contribution >= 0.6 is 0 Å². The van der Waals surface area contributed by atoms with Gasteiger partial charge in [0, 0.05) is 13.1 Å². The Morgan fingerprint density at radius 1 is 0.964 bits per heavy atom. The van der Waals surface area contributed by atoms with Crippen molar-refractivity contribution in [2.45, 2.75) is 25.6 Å². The lowest BCUT2D eigenvalue weighted by Gasteiger charge is -2.23. The normalized spacial score (nSPS) is 12.6. The molecular weight excluding hydrogens is 378 g/mol. The van der Waals surface area contributed by atoms with Crippen LogP contribution in [0.3, 0.4) is 0 Å². The van der Waals surface area contributed by atoms with E-state index in [1.165, 1.54) is 10.4 Å². The molecule has 0 aliphatic rings. The molecule has 0 fully saturated rings. The Morgan fingerprint density at radius 3 is 1.75 bits per heavy atom. The van der Waals surface area contributed by atoms with E-state index in [0.29, 0.717) is 11.5 Å². The summed E-state index contributed by atoms with van der Waals surface area (Å²) in [5.74, 6) is 1.26. The van der Waals surface area contributed by atoms with Crippen LogP contribution in [0.15, 0.2) is 61.2 Å². The SMILES string of the molecule is C=CC(O)CCS(=O)(=O)N(Cc1ccc(OC)cc1)Cc1ccc(OC)cc1. The van der Waals surface area contributed by atoms with E-state index in [1.54, 1.807) is 38.5 Å². The fraction of sp³-hybridized carbons (Fsp3) is 0.333. The highest BCUT2D eigenvalue weighted by molar-refractivity contribution is 7.89. The maximum atomic E-state index is 12.9. The molecule has 0 bridgehead atoms. The zero-order chi connectivity index (χ0) is 20.6. The average molecular weight is 406 g/mol. The fourth-order valence-corrected chi connectivity index (χ4v) is 4.13. The van der Waals surface area contributed by atoms with Gasteiger partial charge in [0.05, 0.1) is 26.1 Å². The molecule has 1 unspecified atom stereocenters. The van der Waals surface area contributed by atoms with E-state index < -0.39 is 16.1 Å². The number of aliphatic hydroxyl groups excluding tert-OH is 1. The summed E-state index contributed by atoms with van der Waals surface area (Å²) < 4.78 is 37.6. The van der Waals surface area contributed by atoms with Crippen molar-refractivity contribution in [3.8, 4) is 11.5 Å². The van der Waals surface area contributed by atoms with Crippen molar-refractivity contribution >= 4 is 10.0 Å². The van der Waals surface area contributed by atoms with Gasteiger partial charge < -0.3 is 14.6 Å². The first-order valence-electron chi connectivity index (χ1n) is 8.92. The van der Waals surface area contributed by atoms with Gasteiger partial charge in [-0.15, -0.1) is 6.58 Å². The molecular formula is C21H27NO5S. The highest BCUT2D eigenvalue weighted by Crippen LogP contribution is 2.20. The van der Waals surface area contributed by atoms with E-state index in [1.807, 2.05) is 24.3 Å². The van der Waals surface area contributed by atoms with Crippen LogP contribution in [0.1, 0.15) is 17.5 Å². The first-order valence-corrected chi connectivity index (χ1v) is 10.5. The lowest BCUT2D eigenvalue weighted by molar-refractivity contribution is 0.219. The Bertz CT molecular complexity index is 798. The molecule has 1 atom stereocenters. The van der Waals surface area contributed by atoms with Crippen LogP contribution in [0.5, 0.6) is 11.5 Å². The van der Waals surface area contributed by atoms with Crippen molar-refractivity contribution in [3.05, 3.63) is 72.3 Å². The fourth-order valence-electron chi connectivity index (χ4n) is 2.64. The van der Waals surface area contributed by atoms with Gasteiger partial charge in [-0.25, -0.2) is 8.42 Å². The van der Waals surface area contributed by atoms with E-state index >= 15 is 0 Å². The molecule has 0 aliphatic heterocycles. The number of nitrogens with zero attached hydrogens (tertiary/aromatic N) is 1. The number of hydrogen-bond donors (Lipinski definition) is 1. The van der Waals surface area contributed by atoms with Crippen LogP contribution < -0.4 is 9.47 Å². The highest BCUT2D eigenvalue weighted by Gasteiger charge is 2.23. The van der Waals surface area contributed by atoms with Crippen LogP contribution in [0, 0.1) is 0 Å². The largest absolute Gasteiger partial charge is 0.497 e. The van der Waals surface area contributed by atoms with Gasteiger partial charge in [-0.1, -0.05) is 30.3 Å². The van der Waals surface area contributed by atoms with Crippen molar-refractivity contribution in [1.82, 2.24) is 4.31 Å². The predicted octanol–water partition coefficient (Wildman–Crippen LogP) is 2.97. The van der Waals surface area contributed by atoms with Crippen molar-refractivity contribution in [3.63, 3.8) is 0 Å². The third-order valence-corrected chi connectivity index (χ3v) is 6.17. The summed E-state index contributed by atoms with van der Waals surface area (Å²) in [6.45, 7) is 3.94. The van der Waals surface area contributed by atoms with E-state index in [-0.39, 0.29) is 25.3 Å². The molecule has 1 N–H and O–H groups in total. The van der Waals surface area contributed by atoms with Gasteiger partial charge in [0.15, 0.2) is 0 Å². The second-order valence-electron chi connectivity index (χ2n) is 6.37. The third-order valence-electron chi connectivity index (χ3n) is 4.37. The number of benzene rings is 2. The molecule has 28 heavy (non-hydrogen) atoms. The summed E-state index contributed by atoms with van der Waals surface area (Å²) in [5, 5.41) is 9.67. The van der Waals surface area contributed by atoms with E-state index in [4.69, 9.17) is 9.47 Å². The molecule has 2 aromatic carbocycles. The maximum absolute atomic E-state index is 12.9. The molecule has 0 spiro atoms. The Morgan fingerprint density at radius 2 is 1.39 bits per heavy atom. The lowest BCUT2D eigenvalue weighted by atomic mass is 10.2. The minimum Gasteiger partial charge on any atom is -0.497 e. The minimum absolute atomic E-state index is 0.105. The van der Waals surface area contributed by atoms with Gasteiger partial charge in [0.25, 0.3) is 0 Å². The Balaban J connectivity index is 2.23. The zero-order valence-electron chi connectivity index (χ0n) is 16.2. The predicted molar refractivity (Wildman–Crippen MR) is 110 cm³/mol. The topological polar surface area (TPSA) is 76.1 Å². The molecule has 0 saturated carbocycles. The van der Waals surface area contributed by atoms with Gasteiger partial charge in [0.1, 0.15) is 11.5 Å². The van der Waals surface area contributed by atoms with Gasteiger partial charge >= 0.3 is 0 Å². The van der Waals surface area contributed by atoms with Crippen molar-refractivity contribution in [2.24, 2.45) is 0 Å². The Kier molecular flexibility index (Phi) is 8.04. The molecule has 0 radical (unpaired) electrons. The van der Waals surface area contributed by atoms with Gasteiger partial charge in [0.2, 0.25) is 10.0 Å². The average Bonchev–Trinajstić information content (AvgIpc) is 2.72. The number of sulfonamides is 1.